The van der Waals surface area contributed by atoms with Crippen LogP contribution in [0.1, 0.15) is 30.6 Å². The Balaban J connectivity index is 1.53. The number of alkyl carbamates (subject to hydrolysis) is 1. The number of hydrogen-bond acceptors (Lipinski definition) is 5. The van der Waals surface area contributed by atoms with E-state index in [9.17, 15) is 9.59 Å². The number of rotatable bonds is 6. The van der Waals surface area contributed by atoms with Gasteiger partial charge in [0.2, 0.25) is 0 Å². The maximum atomic E-state index is 12.4. The third kappa shape index (κ3) is 5.63. The van der Waals surface area contributed by atoms with Crippen molar-refractivity contribution in [3.63, 3.8) is 0 Å². The number of hydrogen-bond donors (Lipinski definition) is 3. The highest BCUT2D eigenvalue weighted by atomic mass is 16.6. The Hall–Kier alpha value is -3.22. The number of para-hydroxylation sites is 2. The molecule has 4 N–H and O–H groups in total. The van der Waals surface area contributed by atoms with Crippen molar-refractivity contribution < 1.29 is 14.3 Å². The molecule has 0 aliphatic carbocycles. The number of anilines is 3. The first-order valence-corrected chi connectivity index (χ1v) is 9.87. The molecule has 1 fully saturated rings. The molecule has 1 atom stereocenters. The minimum absolute atomic E-state index is 0.133. The molecular formula is C22H28N4O3. The maximum Gasteiger partial charge on any atom is 0.407 e. The van der Waals surface area contributed by atoms with Gasteiger partial charge in [-0.05, 0) is 42.3 Å². The summed E-state index contributed by atoms with van der Waals surface area (Å²) >= 11 is 0. The van der Waals surface area contributed by atoms with Gasteiger partial charge in [-0.3, -0.25) is 4.79 Å². The van der Waals surface area contributed by atoms with Gasteiger partial charge in [0, 0.05) is 30.8 Å². The van der Waals surface area contributed by atoms with E-state index < -0.39 is 0 Å². The van der Waals surface area contributed by atoms with Crippen molar-refractivity contribution in [1.82, 2.24) is 5.32 Å². The molecule has 7 nitrogen and oxygen atoms in total. The SMILES string of the molecule is CC(C)CNC(=O)OC1CCN(c2ccc(C(=O)Nc3ccccc3N)cc2)C1. The molecule has 2 aromatic carbocycles. The predicted octanol–water partition coefficient (Wildman–Crippen LogP) is 3.48. The number of carbonyl (C=O) groups excluding carboxylic acids is 2. The second-order valence-corrected chi connectivity index (χ2v) is 7.63. The molecule has 7 heteroatoms. The van der Waals surface area contributed by atoms with Gasteiger partial charge in [0.05, 0.1) is 17.9 Å². The Morgan fingerprint density at radius 3 is 2.59 bits per heavy atom. The maximum absolute atomic E-state index is 12.4. The van der Waals surface area contributed by atoms with E-state index in [1.807, 2.05) is 38.1 Å². The first kappa shape index (κ1) is 20.5. The van der Waals surface area contributed by atoms with Crippen LogP contribution >= 0.6 is 0 Å². The minimum Gasteiger partial charge on any atom is -0.444 e. The zero-order valence-corrected chi connectivity index (χ0v) is 16.9. The van der Waals surface area contributed by atoms with Crippen LogP contribution in [0.15, 0.2) is 48.5 Å². The van der Waals surface area contributed by atoms with Crippen LogP contribution in [0.2, 0.25) is 0 Å². The van der Waals surface area contributed by atoms with Gasteiger partial charge in [-0.15, -0.1) is 0 Å². The highest BCUT2D eigenvalue weighted by Crippen LogP contribution is 2.23. The summed E-state index contributed by atoms with van der Waals surface area (Å²) in [5.41, 5.74) is 8.54. The van der Waals surface area contributed by atoms with Gasteiger partial charge in [0.25, 0.3) is 5.91 Å². The number of benzene rings is 2. The topological polar surface area (TPSA) is 96.7 Å². The Morgan fingerprint density at radius 1 is 1.17 bits per heavy atom. The van der Waals surface area contributed by atoms with Crippen molar-refractivity contribution in [2.45, 2.75) is 26.4 Å². The molecule has 1 unspecified atom stereocenters. The number of nitrogen functional groups attached to an aromatic ring is 1. The molecule has 154 valence electrons. The van der Waals surface area contributed by atoms with E-state index in [0.29, 0.717) is 35.9 Å². The monoisotopic (exact) mass is 396 g/mol. The molecule has 0 bridgehead atoms. The first-order valence-electron chi connectivity index (χ1n) is 9.87. The van der Waals surface area contributed by atoms with Gasteiger partial charge in [0.1, 0.15) is 6.10 Å². The summed E-state index contributed by atoms with van der Waals surface area (Å²) in [6.45, 7) is 6.12. The van der Waals surface area contributed by atoms with E-state index in [4.69, 9.17) is 10.5 Å². The van der Waals surface area contributed by atoms with Crippen LogP contribution in [0, 0.1) is 5.92 Å². The van der Waals surface area contributed by atoms with Gasteiger partial charge < -0.3 is 26.0 Å². The number of ether oxygens (including phenoxy) is 1. The standard InChI is InChI=1S/C22H28N4O3/c1-15(2)13-24-22(28)29-18-11-12-26(14-18)17-9-7-16(8-10-17)21(27)25-20-6-4-3-5-19(20)23/h3-10,15,18H,11-14,23H2,1-2H3,(H,24,28)(H,25,27). The smallest absolute Gasteiger partial charge is 0.407 e. The highest BCUT2D eigenvalue weighted by molar-refractivity contribution is 6.05. The fraction of sp³-hybridized carbons (Fsp3) is 0.364. The summed E-state index contributed by atoms with van der Waals surface area (Å²) in [6.07, 6.45) is 0.286. The van der Waals surface area contributed by atoms with Crippen molar-refractivity contribution in [3.8, 4) is 0 Å². The van der Waals surface area contributed by atoms with Gasteiger partial charge in [0.15, 0.2) is 0 Å². The summed E-state index contributed by atoms with van der Waals surface area (Å²) in [5, 5.41) is 5.60. The van der Waals surface area contributed by atoms with E-state index in [1.165, 1.54) is 0 Å². The molecule has 1 aliphatic heterocycles. The molecule has 1 heterocycles. The summed E-state index contributed by atoms with van der Waals surface area (Å²) in [5.74, 6) is 0.176. The number of nitrogens with zero attached hydrogens (tertiary/aromatic N) is 1. The Labute approximate surface area is 171 Å². The second kappa shape index (κ2) is 9.32. The van der Waals surface area contributed by atoms with Crippen LogP contribution < -0.4 is 21.3 Å². The average molecular weight is 396 g/mol. The average Bonchev–Trinajstić information content (AvgIpc) is 3.16. The summed E-state index contributed by atoms with van der Waals surface area (Å²) in [6, 6.07) is 14.5. The zero-order valence-electron chi connectivity index (χ0n) is 16.9. The molecule has 0 radical (unpaired) electrons. The van der Waals surface area contributed by atoms with Gasteiger partial charge >= 0.3 is 6.09 Å². The van der Waals surface area contributed by atoms with Crippen LogP contribution in [-0.2, 0) is 4.74 Å². The molecule has 2 aromatic rings. The Morgan fingerprint density at radius 2 is 1.90 bits per heavy atom. The molecule has 29 heavy (non-hydrogen) atoms. The number of amides is 2. The molecular weight excluding hydrogens is 368 g/mol. The van der Waals surface area contributed by atoms with Crippen LogP contribution in [-0.4, -0.2) is 37.7 Å². The molecule has 1 aliphatic rings. The molecule has 2 amide bonds. The lowest BCUT2D eigenvalue weighted by molar-refractivity contribution is 0.102. The van der Waals surface area contributed by atoms with Crippen LogP contribution in [0.5, 0.6) is 0 Å². The summed E-state index contributed by atoms with van der Waals surface area (Å²) in [4.78, 5) is 26.4. The van der Waals surface area contributed by atoms with Crippen molar-refractivity contribution in [1.29, 1.82) is 0 Å². The fourth-order valence-corrected chi connectivity index (χ4v) is 3.17. The van der Waals surface area contributed by atoms with Gasteiger partial charge in [-0.25, -0.2) is 4.79 Å². The van der Waals surface area contributed by atoms with E-state index >= 15 is 0 Å². The number of nitrogens with two attached hydrogens (primary N) is 1. The lowest BCUT2D eigenvalue weighted by Gasteiger charge is -2.19. The predicted molar refractivity (Wildman–Crippen MR) is 115 cm³/mol. The molecule has 0 saturated carbocycles. The van der Waals surface area contributed by atoms with Gasteiger partial charge in [-0.1, -0.05) is 26.0 Å². The number of nitrogens with one attached hydrogen (secondary N) is 2. The molecule has 3 rings (SSSR count). The fourth-order valence-electron chi connectivity index (χ4n) is 3.17. The third-order valence-corrected chi connectivity index (χ3v) is 4.78. The van der Waals surface area contributed by atoms with Gasteiger partial charge in [-0.2, -0.15) is 0 Å². The third-order valence-electron chi connectivity index (χ3n) is 4.78. The van der Waals surface area contributed by atoms with E-state index in [0.717, 1.165) is 18.7 Å². The second-order valence-electron chi connectivity index (χ2n) is 7.63. The first-order chi connectivity index (χ1) is 13.9. The normalized spacial score (nSPS) is 16.0. The van der Waals surface area contributed by atoms with Crippen LogP contribution in [0.3, 0.4) is 0 Å². The lowest BCUT2D eigenvalue weighted by atomic mass is 10.1. The minimum atomic E-state index is -0.363. The highest BCUT2D eigenvalue weighted by Gasteiger charge is 2.26. The van der Waals surface area contributed by atoms with Crippen molar-refractivity contribution in [3.05, 3.63) is 54.1 Å². The summed E-state index contributed by atoms with van der Waals surface area (Å²) < 4.78 is 5.49. The molecule has 0 spiro atoms. The zero-order chi connectivity index (χ0) is 20.8. The Bertz CT molecular complexity index is 851. The molecule has 0 aromatic heterocycles. The van der Waals surface area contributed by atoms with E-state index in [2.05, 4.69) is 15.5 Å². The van der Waals surface area contributed by atoms with E-state index in [1.54, 1.807) is 24.3 Å². The summed E-state index contributed by atoms with van der Waals surface area (Å²) in [7, 11) is 0. The van der Waals surface area contributed by atoms with E-state index in [-0.39, 0.29) is 18.1 Å². The Kier molecular flexibility index (Phi) is 6.59. The largest absolute Gasteiger partial charge is 0.444 e. The van der Waals surface area contributed by atoms with Crippen LogP contribution in [0.25, 0.3) is 0 Å². The molecule has 1 saturated heterocycles. The van der Waals surface area contributed by atoms with Crippen molar-refractivity contribution in [2.24, 2.45) is 5.92 Å². The van der Waals surface area contributed by atoms with Crippen molar-refractivity contribution in [2.75, 3.05) is 35.6 Å². The van der Waals surface area contributed by atoms with Crippen molar-refractivity contribution >= 4 is 29.1 Å². The van der Waals surface area contributed by atoms with Crippen LogP contribution in [0.4, 0.5) is 21.9 Å². The lowest BCUT2D eigenvalue weighted by Crippen LogP contribution is -2.32. The number of carbonyl (C=O) groups is 2. The quantitative estimate of drug-likeness (QED) is 0.650.